The Morgan fingerprint density at radius 2 is 2.27 bits per heavy atom. The fourth-order valence-electron chi connectivity index (χ4n) is 1.20. The quantitative estimate of drug-likeness (QED) is 0.828. The van der Waals surface area contributed by atoms with E-state index in [1.165, 1.54) is 6.92 Å². The lowest BCUT2D eigenvalue weighted by Gasteiger charge is -2.18. The molecule has 3 N–H and O–H groups in total. The van der Waals surface area contributed by atoms with Gasteiger partial charge in [0.25, 0.3) is 0 Å². The van der Waals surface area contributed by atoms with Crippen molar-refractivity contribution in [2.24, 2.45) is 5.73 Å². The molecule has 0 aliphatic carbocycles. The van der Waals surface area contributed by atoms with Gasteiger partial charge in [-0.25, -0.2) is 0 Å². The average Bonchev–Trinajstić information content (AvgIpc) is 2.15. The highest BCUT2D eigenvalue weighted by molar-refractivity contribution is 6.30. The number of carbonyl (C=O) groups is 1. The number of aryl methyl sites for hydroxylation is 1. The molecule has 1 aromatic rings. The van der Waals surface area contributed by atoms with E-state index in [0.717, 1.165) is 5.56 Å². The Hall–Kier alpha value is -1.06. The fourth-order valence-corrected chi connectivity index (χ4v) is 1.42. The standard InChI is InChI=1S/C11H14ClNO2/c1-11(13,10(14)15)6-5-8-3-2-4-9(12)7-8/h2-4,7H,5-6,13H2,1H3,(H,14,15). The van der Waals surface area contributed by atoms with Crippen LogP contribution in [0.5, 0.6) is 0 Å². The van der Waals surface area contributed by atoms with Crippen LogP contribution in [0.4, 0.5) is 0 Å². The normalized spacial score (nSPS) is 14.6. The molecule has 15 heavy (non-hydrogen) atoms. The smallest absolute Gasteiger partial charge is 0.323 e. The van der Waals surface area contributed by atoms with Gasteiger partial charge in [-0.2, -0.15) is 0 Å². The second-order valence-corrected chi connectivity index (χ2v) is 4.29. The number of benzene rings is 1. The van der Waals surface area contributed by atoms with Crippen LogP contribution in [0.2, 0.25) is 5.02 Å². The van der Waals surface area contributed by atoms with Gasteiger partial charge in [-0.3, -0.25) is 4.79 Å². The van der Waals surface area contributed by atoms with E-state index in [2.05, 4.69) is 0 Å². The van der Waals surface area contributed by atoms with E-state index < -0.39 is 11.5 Å². The largest absolute Gasteiger partial charge is 0.480 e. The molecule has 0 amide bonds. The van der Waals surface area contributed by atoms with E-state index in [9.17, 15) is 4.79 Å². The molecule has 82 valence electrons. The highest BCUT2D eigenvalue weighted by atomic mass is 35.5. The van der Waals surface area contributed by atoms with E-state index in [4.69, 9.17) is 22.4 Å². The van der Waals surface area contributed by atoms with Crippen molar-refractivity contribution in [1.29, 1.82) is 0 Å². The molecule has 0 radical (unpaired) electrons. The first-order chi connectivity index (χ1) is 6.92. The molecule has 0 aliphatic heterocycles. The minimum atomic E-state index is -1.18. The molecule has 0 aliphatic rings. The molecule has 3 nitrogen and oxygen atoms in total. The second-order valence-electron chi connectivity index (χ2n) is 3.85. The Morgan fingerprint density at radius 1 is 1.60 bits per heavy atom. The lowest BCUT2D eigenvalue weighted by molar-refractivity contribution is -0.142. The van der Waals surface area contributed by atoms with Gasteiger partial charge in [0.05, 0.1) is 0 Å². The van der Waals surface area contributed by atoms with Gasteiger partial charge in [-0.15, -0.1) is 0 Å². The van der Waals surface area contributed by atoms with Crippen molar-refractivity contribution < 1.29 is 9.90 Å². The van der Waals surface area contributed by atoms with Gasteiger partial charge in [-0.1, -0.05) is 23.7 Å². The molecule has 0 saturated carbocycles. The van der Waals surface area contributed by atoms with Crippen LogP contribution < -0.4 is 5.73 Å². The first kappa shape index (κ1) is 12.0. The number of hydrogen-bond donors (Lipinski definition) is 2. The average molecular weight is 228 g/mol. The van der Waals surface area contributed by atoms with E-state index in [1.54, 1.807) is 6.07 Å². The van der Waals surface area contributed by atoms with E-state index in [-0.39, 0.29) is 0 Å². The van der Waals surface area contributed by atoms with Gasteiger partial charge < -0.3 is 10.8 Å². The van der Waals surface area contributed by atoms with Gasteiger partial charge >= 0.3 is 5.97 Å². The Morgan fingerprint density at radius 3 is 2.80 bits per heavy atom. The molecule has 1 unspecified atom stereocenters. The lowest BCUT2D eigenvalue weighted by Crippen LogP contribution is -2.45. The Balaban J connectivity index is 2.61. The predicted molar refractivity (Wildman–Crippen MR) is 60.0 cm³/mol. The number of hydrogen-bond acceptors (Lipinski definition) is 2. The van der Waals surface area contributed by atoms with Gasteiger partial charge in [0.1, 0.15) is 5.54 Å². The van der Waals surface area contributed by atoms with Gasteiger partial charge in [-0.05, 0) is 37.5 Å². The van der Waals surface area contributed by atoms with Crippen molar-refractivity contribution in [3.63, 3.8) is 0 Å². The maximum Gasteiger partial charge on any atom is 0.323 e. The van der Waals surface area contributed by atoms with E-state index in [1.807, 2.05) is 18.2 Å². The van der Waals surface area contributed by atoms with Crippen molar-refractivity contribution in [2.45, 2.75) is 25.3 Å². The van der Waals surface area contributed by atoms with Crippen molar-refractivity contribution in [3.05, 3.63) is 34.9 Å². The number of halogens is 1. The topological polar surface area (TPSA) is 63.3 Å². The third-order valence-corrected chi connectivity index (χ3v) is 2.55. The first-order valence-corrected chi connectivity index (χ1v) is 5.06. The molecule has 0 heterocycles. The summed E-state index contributed by atoms with van der Waals surface area (Å²) in [7, 11) is 0. The summed E-state index contributed by atoms with van der Waals surface area (Å²) in [5.74, 6) is -0.982. The molecule has 0 bridgehead atoms. The molecule has 4 heteroatoms. The van der Waals surface area contributed by atoms with Crippen LogP contribution in [0.15, 0.2) is 24.3 Å². The molecule has 1 atom stereocenters. The molecule has 1 aromatic carbocycles. The van der Waals surface area contributed by atoms with E-state index >= 15 is 0 Å². The summed E-state index contributed by atoms with van der Waals surface area (Å²) >= 11 is 5.81. The van der Waals surface area contributed by atoms with Gasteiger partial charge in [0, 0.05) is 5.02 Å². The highest BCUT2D eigenvalue weighted by Gasteiger charge is 2.27. The zero-order valence-corrected chi connectivity index (χ0v) is 9.29. The lowest BCUT2D eigenvalue weighted by atomic mass is 9.95. The number of nitrogens with two attached hydrogens (primary N) is 1. The zero-order chi connectivity index (χ0) is 11.5. The number of carboxylic acid groups (broad SMARTS) is 1. The molecular weight excluding hydrogens is 214 g/mol. The Bertz CT molecular complexity index is 363. The summed E-state index contributed by atoms with van der Waals surface area (Å²) in [6, 6.07) is 7.35. The minimum absolute atomic E-state index is 0.392. The third-order valence-electron chi connectivity index (χ3n) is 2.31. The summed E-state index contributed by atoms with van der Waals surface area (Å²) in [6.45, 7) is 1.51. The molecule has 0 spiro atoms. The molecule has 0 saturated heterocycles. The zero-order valence-electron chi connectivity index (χ0n) is 8.53. The number of carboxylic acids is 1. The maximum absolute atomic E-state index is 10.8. The molecular formula is C11H14ClNO2. The van der Waals surface area contributed by atoms with Crippen molar-refractivity contribution in [1.82, 2.24) is 0 Å². The van der Waals surface area contributed by atoms with Crippen molar-refractivity contribution in [2.75, 3.05) is 0 Å². The minimum Gasteiger partial charge on any atom is -0.480 e. The highest BCUT2D eigenvalue weighted by Crippen LogP contribution is 2.15. The Labute approximate surface area is 93.9 Å². The van der Waals surface area contributed by atoms with Crippen LogP contribution in [-0.2, 0) is 11.2 Å². The first-order valence-electron chi connectivity index (χ1n) is 4.68. The summed E-state index contributed by atoms with van der Waals surface area (Å²) in [5, 5.41) is 9.48. The fraction of sp³-hybridized carbons (Fsp3) is 0.364. The number of rotatable bonds is 4. The Kier molecular flexibility index (Phi) is 3.72. The molecule has 0 aromatic heterocycles. The summed E-state index contributed by atoms with van der Waals surface area (Å²) < 4.78 is 0. The SMILES string of the molecule is CC(N)(CCc1cccc(Cl)c1)C(=O)O. The number of aliphatic carboxylic acids is 1. The van der Waals surface area contributed by atoms with Gasteiger partial charge in [0.15, 0.2) is 0 Å². The third kappa shape index (κ3) is 3.53. The van der Waals surface area contributed by atoms with Crippen LogP contribution in [0.3, 0.4) is 0 Å². The maximum atomic E-state index is 10.8. The predicted octanol–water partition coefficient (Wildman–Crippen LogP) is 2.07. The summed E-state index contributed by atoms with van der Waals surface area (Å²) in [5.41, 5.74) is 5.44. The van der Waals surface area contributed by atoms with Crippen LogP contribution in [0.25, 0.3) is 0 Å². The van der Waals surface area contributed by atoms with Crippen LogP contribution in [0, 0.1) is 0 Å². The summed E-state index contributed by atoms with van der Waals surface area (Å²) in [6.07, 6.45) is 1.00. The summed E-state index contributed by atoms with van der Waals surface area (Å²) in [4.78, 5) is 10.8. The molecule has 0 fully saturated rings. The second kappa shape index (κ2) is 4.64. The molecule has 1 rings (SSSR count). The van der Waals surface area contributed by atoms with Crippen LogP contribution in [-0.4, -0.2) is 16.6 Å². The van der Waals surface area contributed by atoms with Crippen LogP contribution in [0.1, 0.15) is 18.9 Å². The van der Waals surface area contributed by atoms with Crippen molar-refractivity contribution >= 4 is 17.6 Å². The van der Waals surface area contributed by atoms with Crippen LogP contribution >= 0.6 is 11.6 Å². The monoisotopic (exact) mass is 227 g/mol. The van der Waals surface area contributed by atoms with Crippen molar-refractivity contribution in [3.8, 4) is 0 Å². The van der Waals surface area contributed by atoms with E-state index in [0.29, 0.717) is 17.9 Å². The van der Waals surface area contributed by atoms with Gasteiger partial charge in [0.2, 0.25) is 0 Å².